The van der Waals surface area contributed by atoms with Gasteiger partial charge in [-0.1, -0.05) is 0 Å². The zero-order valence-corrected chi connectivity index (χ0v) is 9.78. The fraction of sp³-hybridized carbons (Fsp3) is 0.364. The molecule has 0 spiro atoms. The summed E-state index contributed by atoms with van der Waals surface area (Å²) in [5.41, 5.74) is 0.534. The Balaban J connectivity index is 2.79. The average molecular weight is 234 g/mol. The Morgan fingerprint density at radius 3 is 2.88 bits per heavy atom. The number of nitrogens with one attached hydrogen (secondary N) is 2. The third kappa shape index (κ3) is 1.99. The number of nitrogens with zero attached hydrogens (tertiary/aromatic N) is 2. The summed E-state index contributed by atoms with van der Waals surface area (Å²) in [7, 11) is 1.82. The van der Waals surface area contributed by atoms with Crippen LogP contribution in [0.1, 0.15) is 12.5 Å². The Hall–Kier alpha value is -1.95. The molecule has 0 aliphatic rings. The van der Waals surface area contributed by atoms with E-state index in [0.717, 1.165) is 5.56 Å². The van der Waals surface area contributed by atoms with Crippen molar-refractivity contribution in [1.29, 1.82) is 0 Å². The number of hydrogen-bond acceptors (Lipinski definition) is 4. The zero-order valence-electron chi connectivity index (χ0n) is 9.78. The number of aryl methyl sites for hydroxylation is 1. The molecule has 0 amide bonds. The van der Waals surface area contributed by atoms with Crippen molar-refractivity contribution in [2.24, 2.45) is 0 Å². The van der Waals surface area contributed by atoms with Gasteiger partial charge < -0.3 is 5.32 Å². The van der Waals surface area contributed by atoms with E-state index in [9.17, 15) is 9.59 Å². The first-order valence-corrected chi connectivity index (χ1v) is 5.43. The number of H-pyrrole nitrogens is 1. The molecule has 0 bridgehead atoms. The number of aromatic nitrogens is 3. The summed E-state index contributed by atoms with van der Waals surface area (Å²) in [4.78, 5) is 29.7. The van der Waals surface area contributed by atoms with Gasteiger partial charge in [0.2, 0.25) is 0 Å². The van der Waals surface area contributed by atoms with Crippen LogP contribution in [0.4, 0.5) is 0 Å². The van der Waals surface area contributed by atoms with Gasteiger partial charge in [-0.2, -0.15) is 0 Å². The number of aromatic amines is 1. The lowest BCUT2D eigenvalue weighted by atomic mass is 10.2. The molecule has 2 heterocycles. The predicted octanol–water partition coefficient (Wildman–Crippen LogP) is -0.176. The van der Waals surface area contributed by atoms with Gasteiger partial charge in [0.15, 0.2) is 0 Å². The van der Waals surface area contributed by atoms with Crippen molar-refractivity contribution in [3.63, 3.8) is 0 Å². The summed E-state index contributed by atoms with van der Waals surface area (Å²) >= 11 is 0. The van der Waals surface area contributed by atoms with Crippen LogP contribution in [0.3, 0.4) is 0 Å². The standard InChI is InChI=1S/C11H14N4O2/c1-3-15-9-8(10(16)14-11(15)17)4-7(5-12-2)6-13-9/h4,6,12H,3,5H2,1-2H3,(H,14,16,17). The smallest absolute Gasteiger partial charge is 0.316 e. The Morgan fingerprint density at radius 1 is 1.47 bits per heavy atom. The van der Waals surface area contributed by atoms with E-state index >= 15 is 0 Å². The van der Waals surface area contributed by atoms with Crippen LogP contribution >= 0.6 is 0 Å². The fourth-order valence-corrected chi connectivity index (χ4v) is 1.81. The Labute approximate surface area is 97.3 Å². The molecule has 0 atom stereocenters. The molecule has 2 rings (SSSR count). The molecule has 0 radical (unpaired) electrons. The highest BCUT2D eigenvalue weighted by Gasteiger charge is 2.07. The SMILES string of the molecule is CCn1c(=O)[nH]c(=O)c2cc(CNC)cnc21. The second kappa shape index (κ2) is 4.50. The lowest BCUT2D eigenvalue weighted by Gasteiger charge is -2.07. The van der Waals surface area contributed by atoms with Gasteiger partial charge in [-0.15, -0.1) is 0 Å². The van der Waals surface area contributed by atoms with Gasteiger partial charge in [-0.25, -0.2) is 9.78 Å². The van der Waals surface area contributed by atoms with E-state index in [1.54, 1.807) is 12.3 Å². The molecule has 2 aromatic heterocycles. The minimum Gasteiger partial charge on any atom is -0.316 e. The second-order valence-corrected chi connectivity index (χ2v) is 3.75. The molecule has 90 valence electrons. The lowest BCUT2D eigenvalue weighted by molar-refractivity contribution is 0.716. The minimum absolute atomic E-state index is 0.389. The molecule has 6 heteroatoms. The van der Waals surface area contributed by atoms with Crippen LogP contribution in [-0.4, -0.2) is 21.6 Å². The molecule has 0 aliphatic carbocycles. The molecule has 6 nitrogen and oxygen atoms in total. The molecule has 0 saturated heterocycles. The largest absolute Gasteiger partial charge is 0.329 e. The summed E-state index contributed by atoms with van der Waals surface area (Å²) in [5, 5.41) is 3.43. The number of hydrogen-bond donors (Lipinski definition) is 2. The molecular formula is C11H14N4O2. The molecule has 0 aliphatic heterocycles. The van der Waals surface area contributed by atoms with Gasteiger partial charge in [0.1, 0.15) is 5.65 Å². The van der Waals surface area contributed by atoms with Crippen LogP contribution in [0.15, 0.2) is 21.9 Å². The summed E-state index contributed by atoms with van der Waals surface area (Å²) in [6.45, 7) is 2.94. The average Bonchev–Trinajstić information content (AvgIpc) is 2.31. The molecule has 2 N–H and O–H groups in total. The first kappa shape index (κ1) is 11.5. The lowest BCUT2D eigenvalue weighted by Crippen LogP contribution is -2.30. The number of fused-ring (bicyclic) bond motifs is 1. The van der Waals surface area contributed by atoms with Crippen LogP contribution in [0, 0.1) is 0 Å². The van der Waals surface area contributed by atoms with E-state index in [-0.39, 0.29) is 5.56 Å². The van der Waals surface area contributed by atoms with Gasteiger partial charge in [0, 0.05) is 19.3 Å². The molecule has 0 fully saturated rings. The molecule has 0 aromatic carbocycles. The summed E-state index contributed by atoms with van der Waals surface area (Å²) in [6.07, 6.45) is 1.67. The van der Waals surface area contributed by atoms with Gasteiger partial charge in [-0.3, -0.25) is 14.3 Å². The highest BCUT2D eigenvalue weighted by atomic mass is 16.2. The zero-order chi connectivity index (χ0) is 12.4. The van der Waals surface area contributed by atoms with E-state index < -0.39 is 5.69 Å². The quantitative estimate of drug-likeness (QED) is 0.772. The Bertz CT molecular complexity index is 657. The van der Waals surface area contributed by atoms with Gasteiger partial charge in [-0.05, 0) is 25.6 Å². The Kier molecular flexibility index (Phi) is 3.06. The molecule has 17 heavy (non-hydrogen) atoms. The van der Waals surface area contributed by atoms with Crippen LogP contribution in [0.5, 0.6) is 0 Å². The van der Waals surface area contributed by atoms with Crippen molar-refractivity contribution in [2.45, 2.75) is 20.0 Å². The summed E-state index contributed by atoms with van der Waals surface area (Å²) in [5.74, 6) is 0. The van der Waals surface area contributed by atoms with Crippen molar-refractivity contribution in [2.75, 3.05) is 7.05 Å². The van der Waals surface area contributed by atoms with E-state index in [2.05, 4.69) is 15.3 Å². The Morgan fingerprint density at radius 2 is 2.24 bits per heavy atom. The maximum atomic E-state index is 11.7. The maximum absolute atomic E-state index is 11.7. The van der Waals surface area contributed by atoms with Crippen LogP contribution < -0.4 is 16.6 Å². The molecule has 2 aromatic rings. The normalized spacial score (nSPS) is 10.9. The molecular weight excluding hydrogens is 220 g/mol. The molecule has 0 unspecified atom stereocenters. The third-order valence-electron chi connectivity index (χ3n) is 2.59. The fourth-order valence-electron chi connectivity index (χ4n) is 1.81. The van der Waals surface area contributed by atoms with Crippen LogP contribution in [0.2, 0.25) is 0 Å². The van der Waals surface area contributed by atoms with Gasteiger partial charge >= 0.3 is 5.69 Å². The second-order valence-electron chi connectivity index (χ2n) is 3.75. The molecule has 0 saturated carbocycles. The monoisotopic (exact) mass is 234 g/mol. The highest BCUT2D eigenvalue weighted by Crippen LogP contribution is 2.07. The van der Waals surface area contributed by atoms with E-state index in [4.69, 9.17) is 0 Å². The first-order valence-electron chi connectivity index (χ1n) is 5.43. The highest BCUT2D eigenvalue weighted by molar-refractivity contribution is 5.74. The third-order valence-corrected chi connectivity index (χ3v) is 2.59. The van der Waals surface area contributed by atoms with Crippen LogP contribution in [0.25, 0.3) is 11.0 Å². The minimum atomic E-state index is -0.418. The van der Waals surface area contributed by atoms with Crippen molar-refractivity contribution < 1.29 is 0 Å². The van der Waals surface area contributed by atoms with Crippen molar-refractivity contribution >= 4 is 11.0 Å². The van der Waals surface area contributed by atoms with Crippen molar-refractivity contribution in [1.82, 2.24) is 19.9 Å². The predicted molar refractivity (Wildman–Crippen MR) is 65.1 cm³/mol. The van der Waals surface area contributed by atoms with E-state index in [1.807, 2.05) is 14.0 Å². The summed E-state index contributed by atoms with van der Waals surface area (Å²) in [6, 6.07) is 1.75. The van der Waals surface area contributed by atoms with E-state index in [1.165, 1.54) is 4.57 Å². The first-order chi connectivity index (χ1) is 8.17. The number of pyridine rings is 1. The van der Waals surface area contributed by atoms with Crippen LogP contribution in [-0.2, 0) is 13.1 Å². The van der Waals surface area contributed by atoms with Crippen molar-refractivity contribution in [3.8, 4) is 0 Å². The number of rotatable bonds is 3. The summed E-state index contributed by atoms with van der Waals surface area (Å²) < 4.78 is 1.44. The van der Waals surface area contributed by atoms with Gasteiger partial charge in [0.05, 0.1) is 5.39 Å². The maximum Gasteiger partial charge on any atom is 0.329 e. The topological polar surface area (TPSA) is 79.8 Å². The van der Waals surface area contributed by atoms with Crippen molar-refractivity contribution in [3.05, 3.63) is 38.7 Å². The van der Waals surface area contributed by atoms with Gasteiger partial charge in [0.25, 0.3) is 5.56 Å². The van der Waals surface area contributed by atoms with E-state index in [0.29, 0.717) is 24.1 Å².